The first-order valence-corrected chi connectivity index (χ1v) is 7.70. The fourth-order valence-corrected chi connectivity index (χ4v) is 2.14. The molecule has 0 bridgehead atoms. The van der Waals surface area contributed by atoms with Crippen molar-refractivity contribution in [1.82, 2.24) is 14.9 Å². The Bertz CT molecular complexity index is 527. The molecule has 0 unspecified atom stereocenters. The number of hydrogen-bond donors (Lipinski definition) is 1. The maximum absolute atomic E-state index is 10.6. The van der Waals surface area contributed by atoms with E-state index in [1.165, 1.54) is 7.05 Å². The van der Waals surface area contributed by atoms with Crippen molar-refractivity contribution in [2.24, 2.45) is 5.16 Å². The minimum absolute atomic E-state index is 0.256. The van der Waals surface area contributed by atoms with Crippen LogP contribution in [0.4, 0.5) is 10.7 Å². The molecule has 0 radical (unpaired) electrons. The summed E-state index contributed by atoms with van der Waals surface area (Å²) >= 11 is 3.31. The predicted molar refractivity (Wildman–Crippen MR) is 85.2 cm³/mol. The number of likely N-dealkylation sites (N-methyl/N-ethyl adjacent to an activating group) is 1. The molecule has 2 rings (SSSR count). The zero-order valence-corrected chi connectivity index (χ0v) is 13.9. The quantitative estimate of drug-likeness (QED) is 0.626. The van der Waals surface area contributed by atoms with Crippen molar-refractivity contribution in [3.8, 4) is 0 Å². The van der Waals surface area contributed by atoms with E-state index in [0.29, 0.717) is 12.5 Å². The van der Waals surface area contributed by atoms with Gasteiger partial charge in [0.05, 0.1) is 16.7 Å². The summed E-state index contributed by atoms with van der Waals surface area (Å²) in [7, 11) is 1.50. The summed E-state index contributed by atoms with van der Waals surface area (Å²) in [6.07, 6.45) is 4.06. The van der Waals surface area contributed by atoms with Crippen molar-refractivity contribution < 1.29 is 14.7 Å². The van der Waals surface area contributed by atoms with E-state index >= 15 is 0 Å². The Balaban J connectivity index is 1.73. The summed E-state index contributed by atoms with van der Waals surface area (Å²) in [5.41, 5.74) is 0.978. The molecule has 0 spiro atoms. The number of anilines is 1. The van der Waals surface area contributed by atoms with E-state index in [1.54, 1.807) is 12.4 Å². The molecule has 1 N–H and O–H groups in total. The summed E-state index contributed by atoms with van der Waals surface area (Å²) in [6.45, 7) is 2.13. The highest BCUT2D eigenvalue weighted by Crippen LogP contribution is 2.15. The number of oxime groups is 1. The topological polar surface area (TPSA) is 91.2 Å². The molecule has 0 aromatic carbocycles. The molecule has 1 saturated heterocycles. The van der Waals surface area contributed by atoms with Gasteiger partial charge in [-0.05, 0) is 15.9 Å². The molecule has 22 heavy (non-hydrogen) atoms. The van der Waals surface area contributed by atoms with Crippen LogP contribution < -0.4 is 4.90 Å². The van der Waals surface area contributed by atoms with Crippen LogP contribution in [0.3, 0.4) is 0 Å². The first kappa shape index (κ1) is 16.5. The van der Waals surface area contributed by atoms with Crippen molar-refractivity contribution in [3.05, 3.63) is 16.9 Å². The molecule has 1 aliphatic rings. The summed E-state index contributed by atoms with van der Waals surface area (Å²) in [5, 5.41) is 12.8. The number of nitrogens with zero attached hydrogens (tertiary/aromatic N) is 5. The van der Waals surface area contributed by atoms with Gasteiger partial charge in [-0.25, -0.2) is 14.8 Å². The molecule has 8 nitrogen and oxygen atoms in total. The van der Waals surface area contributed by atoms with E-state index in [0.717, 1.165) is 41.0 Å². The van der Waals surface area contributed by atoms with Gasteiger partial charge in [0.15, 0.2) is 0 Å². The van der Waals surface area contributed by atoms with Crippen molar-refractivity contribution in [1.29, 1.82) is 0 Å². The van der Waals surface area contributed by atoms with Gasteiger partial charge < -0.3 is 19.7 Å². The van der Waals surface area contributed by atoms with Gasteiger partial charge >= 0.3 is 6.09 Å². The SMILES string of the molecule is CN(CCON=C1CCN(c2ncc(Br)cn2)CC1)C(=O)O. The third-order valence-electron chi connectivity index (χ3n) is 3.27. The number of carbonyl (C=O) groups is 1. The average Bonchev–Trinajstić information content (AvgIpc) is 2.52. The minimum atomic E-state index is -0.973. The van der Waals surface area contributed by atoms with Crippen LogP contribution in [-0.2, 0) is 4.84 Å². The molecule has 0 saturated carbocycles. The van der Waals surface area contributed by atoms with Crippen LogP contribution in [0.2, 0.25) is 0 Å². The molecule has 1 aromatic rings. The van der Waals surface area contributed by atoms with Crippen molar-refractivity contribution in [3.63, 3.8) is 0 Å². The highest BCUT2D eigenvalue weighted by molar-refractivity contribution is 9.10. The minimum Gasteiger partial charge on any atom is -0.465 e. The molecule has 1 amide bonds. The Labute approximate surface area is 136 Å². The molecule has 0 atom stereocenters. The van der Waals surface area contributed by atoms with E-state index in [-0.39, 0.29) is 6.61 Å². The molecule has 1 fully saturated rings. The van der Waals surface area contributed by atoms with Gasteiger partial charge in [-0.3, -0.25) is 0 Å². The van der Waals surface area contributed by atoms with Gasteiger partial charge in [0.1, 0.15) is 6.61 Å². The molecule has 1 aliphatic heterocycles. The van der Waals surface area contributed by atoms with Crippen LogP contribution in [0.5, 0.6) is 0 Å². The number of halogens is 1. The second-order valence-corrected chi connectivity index (χ2v) is 5.80. The molecule has 1 aromatic heterocycles. The lowest BCUT2D eigenvalue weighted by Gasteiger charge is -2.27. The van der Waals surface area contributed by atoms with Crippen LogP contribution in [0, 0.1) is 0 Å². The molecule has 120 valence electrons. The predicted octanol–water partition coefficient (Wildman–Crippen LogP) is 1.82. The lowest BCUT2D eigenvalue weighted by Crippen LogP contribution is -2.35. The highest BCUT2D eigenvalue weighted by atomic mass is 79.9. The zero-order chi connectivity index (χ0) is 15.9. The lowest BCUT2D eigenvalue weighted by atomic mass is 10.1. The fourth-order valence-electron chi connectivity index (χ4n) is 1.94. The maximum Gasteiger partial charge on any atom is 0.407 e. The summed E-state index contributed by atoms with van der Waals surface area (Å²) in [4.78, 5) is 27.6. The normalized spacial score (nSPS) is 14.6. The van der Waals surface area contributed by atoms with Crippen LogP contribution in [0.15, 0.2) is 22.0 Å². The smallest absolute Gasteiger partial charge is 0.407 e. The Hall–Kier alpha value is -1.90. The second kappa shape index (κ2) is 7.92. The van der Waals surface area contributed by atoms with E-state index in [1.807, 2.05) is 0 Å². The summed E-state index contributed by atoms with van der Waals surface area (Å²) < 4.78 is 0.857. The molecule has 9 heteroatoms. The van der Waals surface area contributed by atoms with E-state index in [9.17, 15) is 4.79 Å². The van der Waals surface area contributed by atoms with E-state index in [2.05, 4.69) is 36.0 Å². The molecule has 2 heterocycles. The Morgan fingerprint density at radius 2 is 2.09 bits per heavy atom. The van der Waals surface area contributed by atoms with Crippen LogP contribution in [-0.4, -0.2) is 65.1 Å². The number of aromatic nitrogens is 2. The van der Waals surface area contributed by atoms with Crippen molar-refractivity contribution >= 4 is 33.7 Å². The lowest BCUT2D eigenvalue weighted by molar-refractivity contribution is 0.107. The molecular formula is C13H18BrN5O3. The van der Waals surface area contributed by atoms with Gasteiger partial charge in [-0.2, -0.15) is 0 Å². The molecular weight excluding hydrogens is 354 g/mol. The summed E-state index contributed by atoms with van der Waals surface area (Å²) in [6, 6.07) is 0. The maximum atomic E-state index is 10.6. The van der Waals surface area contributed by atoms with Crippen LogP contribution >= 0.6 is 15.9 Å². The van der Waals surface area contributed by atoms with Crippen molar-refractivity contribution in [2.75, 3.05) is 38.2 Å². The Kier molecular flexibility index (Phi) is 5.93. The number of amides is 1. The third-order valence-corrected chi connectivity index (χ3v) is 3.68. The van der Waals surface area contributed by atoms with Gasteiger partial charge in [0.2, 0.25) is 5.95 Å². The van der Waals surface area contributed by atoms with Crippen molar-refractivity contribution in [2.45, 2.75) is 12.8 Å². The van der Waals surface area contributed by atoms with Gasteiger partial charge in [0.25, 0.3) is 0 Å². The zero-order valence-electron chi connectivity index (χ0n) is 12.3. The second-order valence-electron chi connectivity index (χ2n) is 4.88. The van der Waals surface area contributed by atoms with E-state index in [4.69, 9.17) is 9.94 Å². The van der Waals surface area contributed by atoms with Crippen LogP contribution in [0.1, 0.15) is 12.8 Å². The number of hydrogen-bond acceptors (Lipinski definition) is 6. The fraction of sp³-hybridized carbons (Fsp3) is 0.538. The number of carboxylic acid groups (broad SMARTS) is 1. The number of rotatable bonds is 5. The van der Waals surface area contributed by atoms with Crippen LogP contribution in [0.25, 0.3) is 0 Å². The monoisotopic (exact) mass is 371 g/mol. The van der Waals surface area contributed by atoms with Gasteiger partial charge in [-0.15, -0.1) is 0 Å². The largest absolute Gasteiger partial charge is 0.465 e. The van der Waals surface area contributed by atoms with Gasteiger partial charge in [-0.1, -0.05) is 5.16 Å². The van der Waals surface area contributed by atoms with E-state index < -0.39 is 6.09 Å². The molecule has 0 aliphatic carbocycles. The first-order valence-electron chi connectivity index (χ1n) is 6.90. The summed E-state index contributed by atoms with van der Waals surface area (Å²) in [5.74, 6) is 0.714. The first-order chi connectivity index (χ1) is 10.6. The third kappa shape index (κ3) is 4.83. The number of piperidine rings is 1. The highest BCUT2D eigenvalue weighted by Gasteiger charge is 2.17. The Morgan fingerprint density at radius 3 is 2.68 bits per heavy atom. The standard InChI is InChI=1S/C13H18BrN5O3/c1-18(13(20)21)6-7-22-17-11-2-4-19(5-3-11)12-15-8-10(14)9-16-12/h8-9H,2-7H2,1H3,(H,20,21). The van der Waals surface area contributed by atoms with Gasteiger partial charge in [0, 0.05) is 45.4 Å². The average molecular weight is 372 g/mol. The Morgan fingerprint density at radius 1 is 1.45 bits per heavy atom.